The predicted octanol–water partition coefficient (Wildman–Crippen LogP) is 6.69. The number of hydrogen-bond acceptors (Lipinski definition) is 7. The third-order valence-electron chi connectivity index (χ3n) is 5.93. The van der Waals surface area contributed by atoms with Crippen LogP contribution in [0.25, 0.3) is 0 Å². The summed E-state index contributed by atoms with van der Waals surface area (Å²) in [6.45, 7) is 5.90. The van der Waals surface area contributed by atoms with Gasteiger partial charge in [-0.1, -0.05) is 47.5 Å². The minimum atomic E-state index is -0.924. The molecule has 3 aromatic rings. The van der Waals surface area contributed by atoms with Crippen molar-refractivity contribution < 1.29 is 33.3 Å². The zero-order valence-electron chi connectivity index (χ0n) is 22.7. The highest BCUT2D eigenvalue weighted by Crippen LogP contribution is 2.37. The Labute approximate surface area is 243 Å². The fourth-order valence-electron chi connectivity index (χ4n) is 4.00. The second-order valence-electron chi connectivity index (χ2n) is 10.2. The lowest BCUT2D eigenvalue weighted by molar-refractivity contribution is -0.143. The number of fused-ring (bicyclic) bond motifs is 1. The molecule has 1 amide bonds. The number of carbonyl (C=O) groups excluding carboxylic acids is 2. The number of amides is 1. The molecule has 1 aliphatic rings. The summed E-state index contributed by atoms with van der Waals surface area (Å²) >= 11 is 12.0. The van der Waals surface area contributed by atoms with Crippen molar-refractivity contribution in [3.05, 3.63) is 87.4 Å². The van der Waals surface area contributed by atoms with Crippen molar-refractivity contribution in [1.82, 2.24) is 5.32 Å². The van der Waals surface area contributed by atoms with Crippen LogP contribution in [0.2, 0.25) is 10.0 Å². The van der Waals surface area contributed by atoms with Gasteiger partial charge in [0, 0.05) is 6.42 Å². The minimum Gasteiger partial charge on any atom is -0.489 e. The highest BCUT2D eigenvalue weighted by Gasteiger charge is 2.27. The van der Waals surface area contributed by atoms with Crippen molar-refractivity contribution in [2.45, 2.75) is 51.5 Å². The smallest absolute Gasteiger partial charge is 0.408 e. The summed E-state index contributed by atoms with van der Waals surface area (Å²) in [5, 5.41) is 3.57. The average Bonchev–Trinajstić information content (AvgIpc) is 2.92. The Morgan fingerprint density at radius 3 is 2.38 bits per heavy atom. The van der Waals surface area contributed by atoms with Gasteiger partial charge in [0.1, 0.15) is 30.6 Å². The first-order valence-corrected chi connectivity index (χ1v) is 13.4. The Bertz CT molecular complexity index is 1360. The van der Waals surface area contributed by atoms with Gasteiger partial charge in [-0.3, -0.25) is 0 Å². The first kappa shape index (κ1) is 29.4. The second kappa shape index (κ2) is 12.7. The maximum atomic E-state index is 12.3. The Morgan fingerprint density at radius 2 is 1.70 bits per heavy atom. The summed E-state index contributed by atoms with van der Waals surface area (Å²) in [6, 6.07) is 17.5. The van der Waals surface area contributed by atoms with E-state index in [1.54, 1.807) is 45.0 Å². The van der Waals surface area contributed by atoms with E-state index in [0.717, 1.165) is 16.7 Å². The molecule has 40 heavy (non-hydrogen) atoms. The Morgan fingerprint density at radius 1 is 0.975 bits per heavy atom. The van der Waals surface area contributed by atoms with E-state index in [2.05, 4.69) is 5.32 Å². The maximum absolute atomic E-state index is 12.3. The number of carbonyl (C=O) groups is 2. The number of esters is 1. The van der Waals surface area contributed by atoms with Crippen LogP contribution in [0.1, 0.15) is 43.6 Å². The van der Waals surface area contributed by atoms with Crippen molar-refractivity contribution in [3.8, 4) is 17.2 Å². The molecule has 8 nitrogen and oxygen atoms in total. The van der Waals surface area contributed by atoms with Crippen molar-refractivity contribution in [1.29, 1.82) is 0 Å². The van der Waals surface area contributed by atoms with Gasteiger partial charge in [-0.2, -0.15) is 0 Å². The molecule has 0 bridgehead atoms. The molecule has 0 saturated carbocycles. The zero-order valence-corrected chi connectivity index (χ0v) is 24.2. The number of rotatable bonds is 8. The van der Waals surface area contributed by atoms with Gasteiger partial charge in [0.05, 0.1) is 17.2 Å². The van der Waals surface area contributed by atoms with Gasteiger partial charge in [-0.05, 0) is 73.9 Å². The Balaban J connectivity index is 1.36. The monoisotopic (exact) mass is 587 g/mol. The maximum Gasteiger partial charge on any atom is 0.408 e. The molecular weight excluding hydrogens is 557 g/mol. The second-order valence-corrected chi connectivity index (χ2v) is 11.0. The highest BCUT2D eigenvalue weighted by atomic mass is 35.5. The molecule has 0 radical (unpaired) electrons. The molecule has 0 fully saturated rings. The van der Waals surface area contributed by atoms with Crippen LogP contribution in [-0.2, 0) is 27.3 Å². The largest absolute Gasteiger partial charge is 0.489 e. The van der Waals surface area contributed by atoms with Crippen LogP contribution in [0.5, 0.6) is 17.2 Å². The molecule has 0 saturated heterocycles. The molecule has 1 heterocycles. The van der Waals surface area contributed by atoms with E-state index >= 15 is 0 Å². The first-order valence-electron chi connectivity index (χ1n) is 12.7. The van der Waals surface area contributed by atoms with E-state index in [9.17, 15) is 9.59 Å². The summed E-state index contributed by atoms with van der Waals surface area (Å²) in [5.41, 5.74) is 1.91. The molecule has 212 valence electrons. The van der Waals surface area contributed by atoms with E-state index in [-0.39, 0.29) is 12.5 Å². The van der Waals surface area contributed by atoms with E-state index in [0.29, 0.717) is 40.5 Å². The minimum absolute atomic E-state index is 0.190. The van der Waals surface area contributed by atoms with Crippen molar-refractivity contribution in [2.24, 2.45) is 0 Å². The lowest BCUT2D eigenvalue weighted by Crippen LogP contribution is -2.45. The molecule has 4 rings (SSSR count). The molecule has 1 aliphatic heterocycles. The third kappa shape index (κ3) is 7.96. The molecular formula is C30H31Cl2NO7. The number of hydrogen-bond donors (Lipinski definition) is 1. The van der Waals surface area contributed by atoms with Gasteiger partial charge in [0.25, 0.3) is 0 Å². The predicted molar refractivity (Wildman–Crippen MR) is 151 cm³/mol. The van der Waals surface area contributed by atoms with Gasteiger partial charge in [-0.25, -0.2) is 9.59 Å². The van der Waals surface area contributed by atoms with Gasteiger partial charge in [0.2, 0.25) is 0 Å². The molecule has 3 aromatic carbocycles. The first-order chi connectivity index (χ1) is 19.0. The van der Waals surface area contributed by atoms with E-state index in [1.807, 2.05) is 36.4 Å². The molecule has 0 spiro atoms. The lowest BCUT2D eigenvalue weighted by Gasteiger charge is -2.27. The standard InChI is InChI=1S/C30H31Cl2NO7/c1-30(2,3)40-29(35)33-24(28(34)36-4)14-18-6-12-25-26(15-18)38-17-27(39-25)20-7-9-21(10-8-20)37-16-19-5-11-22(31)23(32)13-19/h5-13,15,24,27H,14,16-17H2,1-4H3,(H,33,35)/t24-,27+/m0/s1. The summed E-state index contributed by atoms with van der Waals surface area (Å²) < 4.78 is 28.2. The van der Waals surface area contributed by atoms with Crippen LogP contribution >= 0.6 is 23.2 Å². The molecule has 0 aromatic heterocycles. The zero-order chi connectivity index (χ0) is 28.9. The fraction of sp³-hybridized carbons (Fsp3) is 0.333. The SMILES string of the molecule is COC(=O)[C@H](Cc1ccc2c(c1)OC[C@H](c1ccc(OCc3ccc(Cl)c(Cl)c3)cc1)O2)NC(=O)OC(C)(C)C. The number of nitrogens with one attached hydrogen (secondary N) is 1. The average molecular weight is 588 g/mol. The number of benzene rings is 3. The molecule has 10 heteroatoms. The van der Waals surface area contributed by atoms with Crippen LogP contribution in [0.15, 0.2) is 60.7 Å². The summed E-state index contributed by atoms with van der Waals surface area (Å²) in [5.74, 6) is 1.26. The number of ether oxygens (including phenoxy) is 5. The van der Waals surface area contributed by atoms with Crippen LogP contribution in [0.3, 0.4) is 0 Å². The summed E-state index contributed by atoms with van der Waals surface area (Å²) in [6.07, 6.45) is -0.816. The van der Waals surface area contributed by atoms with Gasteiger partial charge in [0.15, 0.2) is 17.6 Å². The number of alkyl carbamates (subject to hydrolysis) is 1. The molecule has 1 N–H and O–H groups in total. The van der Waals surface area contributed by atoms with Crippen LogP contribution in [0.4, 0.5) is 4.79 Å². The van der Waals surface area contributed by atoms with Gasteiger partial charge in [-0.15, -0.1) is 0 Å². The van der Waals surface area contributed by atoms with Crippen molar-refractivity contribution in [3.63, 3.8) is 0 Å². The summed E-state index contributed by atoms with van der Waals surface area (Å²) in [7, 11) is 1.27. The van der Waals surface area contributed by atoms with E-state index < -0.39 is 23.7 Å². The van der Waals surface area contributed by atoms with Crippen LogP contribution < -0.4 is 19.5 Å². The molecule has 0 aliphatic carbocycles. The fourth-order valence-corrected chi connectivity index (χ4v) is 4.32. The lowest BCUT2D eigenvalue weighted by atomic mass is 10.0. The molecule has 0 unspecified atom stereocenters. The highest BCUT2D eigenvalue weighted by molar-refractivity contribution is 6.42. The van der Waals surface area contributed by atoms with E-state index in [1.165, 1.54) is 7.11 Å². The van der Waals surface area contributed by atoms with Crippen LogP contribution in [0, 0.1) is 0 Å². The number of methoxy groups -OCH3 is 1. The van der Waals surface area contributed by atoms with Crippen molar-refractivity contribution >= 4 is 35.3 Å². The Kier molecular flexibility index (Phi) is 9.32. The Hall–Kier alpha value is -3.62. The van der Waals surface area contributed by atoms with E-state index in [4.69, 9.17) is 46.9 Å². The van der Waals surface area contributed by atoms with Gasteiger partial charge < -0.3 is 29.0 Å². The number of halogens is 2. The van der Waals surface area contributed by atoms with Crippen LogP contribution in [-0.4, -0.2) is 37.4 Å². The molecule has 2 atom stereocenters. The topological polar surface area (TPSA) is 92.3 Å². The van der Waals surface area contributed by atoms with Gasteiger partial charge >= 0.3 is 12.1 Å². The third-order valence-corrected chi connectivity index (χ3v) is 6.66. The normalized spacial score (nSPS) is 15.1. The quantitative estimate of drug-likeness (QED) is 0.293. The summed E-state index contributed by atoms with van der Waals surface area (Å²) in [4.78, 5) is 24.5. The van der Waals surface area contributed by atoms with Crippen molar-refractivity contribution in [2.75, 3.05) is 13.7 Å².